The zero-order valence-corrected chi connectivity index (χ0v) is 19.4. The number of ether oxygens (including phenoxy) is 3. The number of para-hydroxylation sites is 1. The lowest BCUT2D eigenvalue weighted by molar-refractivity contribution is 0.0840. The molecule has 4 aromatic rings. The van der Waals surface area contributed by atoms with E-state index in [0.29, 0.717) is 23.1 Å². The second-order valence-corrected chi connectivity index (χ2v) is 7.75. The van der Waals surface area contributed by atoms with Gasteiger partial charge in [-0.2, -0.15) is 0 Å². The third-order valence-corrected chi connectivity index (χ3v) is 5.63. The molecule has 10 nitrogen and oxygen atoms in total. The van der Waals surface area contributed by atoms with Crippen LogP contribution in [0.2, 0.25) is 0 Å². The lowest BCUT2D eigenvalue weighted by Gasteiger charge is -2.14. The van der Waals surface area contributed by atoms with Gasteiger partial charge in [-0.1, -0.05) is 24.3 Å². The third kappa shape index (κ3) is 4.55. The largest absolute Gasteiger partial charge is 0.493 e. The average Bonchev–Trinajstić information content (AvgIpc) is 3.57. The number of hydrogen-bond donors (Lipinski definition) is 2. The first-order valence-electron chi connectivity index (χ1n) is 10.0. The number of rotatable bonds is 7. The van der Waals surface area contributed by atoms with Crippen molar-refractivity contribution in [1.29, 1.82) is 0 Å². The SMILES string of the molecule is COc1cc(C(=O)NNC(=O)c2nc(-c3cccs3)n(-c3ccccc3)n2)cc(OC)c1OC. The van der Waals surface area contributed by atoms with Gasteiger partial charge in [0.25, 0.3) is 5.91 Å². The van der Waals surface area contributed by atoms with Crippen LogP contribution < -0.4 is 25.1 Å². The van der Waals surface area contributed by atoms with E-state index < -0.39 is 11.8 Å². The number of amides is 2. The summed E-state index contributed by atoms with van der Waals surface area (Å²) in [4.78, 5) is 30.7. The molecule has 4 rings (SSSR count). The Morgan fingerprint density at radius 3 is 2.15 bits per heavy atom. The summed E-state index contributed by atoms with van der Waals surface area (Å²) in [6.45, 7) is 0. The third-order valence-electron chi connectivity index (χ3n) is 4.77. The van der Waals surface area contributed by atoms with Crippen molar-refractivity contribution in [3.63, 3.8) is 0 Å². The maximum absolute atomic E-state index is 12.8. The van der Waals surface area contributed by atoms with Crippen LogP contribution in [0.5, 0.6) is 17.2 Å². The van der Waals surface area contributed by atoms with Gasteiger partial charge in [0.05, 0.1) is 31.9 Å². The molecule has 2 aromatic carbocycles. The van der Waals surface area contributed by atoms with Crippen molar-refractivity contribution < 1.29 is 23.8 Å². The van der Waals surface area contributed by atoms with E-state index in [0.717, 1.165) is 10.6 Å². The summed E-state index contributed by atoms with van der Waals surface area (Å²) >= 11 is 1.48. The Morgan fingerprint density at radius 2 is 1.56 bits per heavy atom. The molecule has 34 heavy (non-hydrogen) atoms. The average molecular weight is 480 g/mol. The van der Waals surface area contributed by atoms with Gasteiger partial charge in [0, 0.05) is 5.56 Å². The standard InChI is InChI=1S/C23H21N5O5S/c1-31-16-12-14(13-17(32-2)19(16)33-3)22(29)25-26-23(30)20-24-21(18-10-7-11-34-18)28(27-20)15-8-5-4-6-9-15/h4-13H,1-3H3,(H,25,29)(H,26,30). The summed E-state index contributed by atoms with van der Waals surface area (Å²) in [6, 6.07) is 16.1. The van der Waals surface area contributed by atoms with E-state index in [1.54, 1.807) is 4.68 Å². The van der Waals surface area contributed by atoms with Gasteiger partial charge in [-0.3, -0.25) is 20.4 Å². The molecule has 0 aliphatic carbocycles. The molecule has 2 N–H and O–H groups in total. The Morgan fingerprint density at radius 1 is 0.882 bits per heavy atom. The van der Waals surface area contributed by atoms with E-state index in [-0.39, 0.29) is 11.4 Å². The number of thiophene rings is 1. The second kappa shape index (κ2) is 10.0. The maximum Gasteiger partial charge on any atom is 0.309 e. The number of carbonyl (C=O) groups excluding carboxylic acids is 2. The van der Waals surface area contributed by atoms with Crippen molar-refractivity contribution in [2.24, 2.45) is 0 Å². The Hall–Kier alpha value is -4.38. The first-order chi connectivity index (χ1) is 16.5. The minimum atomic E-state index is -0.673. The Kier molecular flexibility index (Phi) is 6.74. The number of hydrazine groups is 1. The second-order valence-electron chi connectivity index (χ2n) is 6.81. The molecule has 0 saturated carbocycles. The van der Waals surface area contributed by atoms with E-state index >= 15 is 0 Å². The van der Waals surface area contributed by atoms with E-state index in [4.69, 9.17) is 14.2 Å². The van der Waals surface area contributed by atoms with Gasteiger partial charge < -0.3 is 14.2 Å². The van der Waals surface area contributed by atoms with Crippen molar-refractivity contribution in [1.82, 2.24) is 25.6 Å². The molecule has 2 aromatic heterocycles. The first-order valence-corrected chi connectivity index (χ1v) is 10.9. The van der Waals surface area contributed by atoms with Crippen LogP contribution >= 0.6 is 11.3 Å². The van der Waals surface area contributed by atoms with Gasteiger partial charge in [-0.15, -0.1) is 16.4 Å². The molecule has 2 amide bonds. The number of nitrogens with one attached hydrogen (secondary N) is 2. The summed E-state index contributed by atoms with van der Waals surface area (Å²) in [5, 5.41) is 6.27. The summed E-state index contributed by atoms with van der Waals surface area (Å²) < 4.78 is 17.4. The van der Waals surface area contributed by atoms with Crippen molar-refractivity contribution in [3.05, 3.63) is 71.4 Å². The van der Waals surface area contributed by atoms with E-state index in [2.05, 4.69) is 20.9 Å². The van der Waals surface area contributed by atoms with Gasteiger partial charge in [0.15, 0.2) is 17.3 Å². The summed E-state index contributed by atoms with van der Waals surface area (Å²) in [5.74, 6) is 0.119. The minimum absolute atomic E-state index is 0.0996. The number of methoxy groups -OCH3 is 3. The summed E-state index contributed by atoms with van der Waals surface area (Å²) in [7, 11) is 4.35. The minimum Gasteiger partial charge on any atom is -0.493 e. The highest BCUT2D eigenvalue weighted by molar-refractivity contribution is 7.13. The highest BCUT2D eigenvalue weighted by Gasteiger charge is 2.21. The molecule has 0 unspecified atom stereocenters. The van der Waals surface area contributed by atoms with Crippen molar-refractivity contribution >= 4 is 23.2 Å². The van der Waals surface area contributed by atoms with E-state index in [1.165, 1.54) is 44.8 Å². The van der Waals surface area contributed by atoms with Crippen LogP contribution in [0.1, 0.15) is 21.0 Å². The fourth-order valence-electron chi connectivity index (χ4n) is 3.18. The molecule has 0 radical (unpaired) electrons. The first kappa shape index (κ1) is 22.8. The topological polar surface area (TPSA) is 117 Å². The zero-order chi connectivity index (χ0) is 24.1. The molecule has 0 aliphatic heterocycles. The normalized spacial score (nSPS) is 10.4. The molecule has 0 atom stereocenters. The Labute approximate surface area is 199 Å². The van der Waals surface area contributed by atoms with Crippen molar-refractivity contribution in [3.8, 4) is 33.6 Å². The van der Waals surface area contributed by atoms with Crippen LogP contribution in [0.25, 0.3) is 16.4 Å². The number of nitrogens with zero attached hydrogens (tertiary/aromatic N) is 3. The molecule has 2 heterocycles. The van der Waals surface area contributed by atoms with Crippen LogP contribution in [0.3, 0.4) is 0 Å². The molecule has 0 saturated heterocycles. The van der Waals surface area contributed by atoms with E-state index in [1.807, 2.05) is 47.8 Å². The fraction of sp³-hybridized carbons (Fsp3) is 0.130. The number of aromatic nitrogens is 3. The highest BCUT2D eigenvalue weighted by atomic mass is 32.1. The highest BCUT2D eigenvalue weighted by Crippen LogP contribution is 2.38. The van der Waals surface area contributed by atoms with Gasteiger partial charge in [-0.05, 0) is 35.7 Å². The van der Waals surface area contributed by atoms with Crippen LogP contribution in [0.4, 0.5) is 0 Å². The molecule has 11 heteroatoms. The molecule has 174 valence electrons. The molecular weight excluding hydrogens is 458 g/mol. The lowest BCUT2D eigenvalue weighted by atomic mass is 10.1. The summed E-state index contributed by atoms with van der Waals surface area (Å²) in [6.07, 6.45) is 0. The smallest absolute Gasteiger partial charge is 0.309 e. The lowest BCUT2D eigenvalue weighted by Crippen LogP contribution is -2.42. The maximum atomic E-state index is 12.8. The Bertz CT molecular complexity index is 1280. The van der Waals surface area contributed by atoms with Gasteiger partial charge in [0.1, 0.15) is 0 Å². The van der Waals surface area contributed by atoms with Crippen LogP contribution in [0.15, 0.2) is 60.0 Å². The van der Waals surface area contributed by atoms with Crippen LogP contribution in [0, 0.1) is 0 Å². The Balaban J connectivity index is 1.55. The quantitative estimate of drug-likeness (QED) is 0.391. The fourth-order valence-corrected chi connectivity index (χ4v) is 3.87. The number of hydrogen-bond acceptors (Lipinski definition) is 8. The van der Waals surface area contributed by atoms with Crippen LogP contribution in [-0.2, 0) is 0 Å². The zero-order valence-electron chi connectivity index (χ0n) is 18.6. The number of benzene rings is 2. The molecule has 0 spiro atoms. The van der Waals surface area contributed by atoms with Crippen molar-refractivity contribution in [2.75, 3.05) is 21.3 Å². The predicted octanol–water partition coefficient (Wildman–Crippen LogP) is 3.10. The molecule has 0 aliphatic rings. The van der Waals surface area contributed by atoms with Gasteiger partial charge >= 0.3 is 5.91 Å². The molecule has 0 fully saturated rings. The van der Waals surface area contributed by atoms with Gasteiger partial charge in [-0.25, -0.2) is 9.67 Å². The summed E-state index contributed by atoms with van der Waals surface area (Å²) in [5.41, 5.74) is 5.66. The monoisotopic (exact) mass is 479 g/mol. The van der Waals surface area contributed by atoms with Crippen LogP contribution in [-0.4, -0.2) is 47.9 Å². The number of carbonyl (C=O) groups is 2. The van der Waals surface area contributed by atoms with Gasteiger partial charge in [0.2, 0.25) is 11.6 Å². The van der Waals surface area contributed by atoms with E-state index in [9.17, 15) is 9.59 Å². The molecule has 0 bridgehead atoms. The molecular formula is C23H21N5O5S. The predicted molar refractivity (Wildman–Crippen MR) is 126 cm³/mol. The van der Waals surface area contributed by atoms with Crippen molar-refractivity contribution in [2.45, 2.75) is 0 Å².